The topological polar surface area (TPSA) is 58.6 Å². The Morgan fingerprint density at radius 3 is 2.41 bits per heavy atom. The molecule has 0 saturated carbocycles. The van der Waals surface area contributed by atoms with E-state index in [0.717, 1.165) is 6.42 Å². The summed E-state index contributed by atoms with van der Waals surface area (Å²) in [5, 5.41) is 11.5. The van der Waals surface area contributed by atoms with Gasteiger partial charge in [0.05, 0.1) is 12.6 Å². The van der Waals surface area contributed by atoms with E-state index in [4.69, 9.17) is 9.84 Å². The predicted molar refractivity (Wildman–Crippen MR) is 68.8 cm³/mol. The van der Waals surface area contributed by atoms with Gasteiger partial charge in [-0.1, -0.05) is 26.0 Å². The molecule has 4 nitrogen and oxygen atoms in total. The summed E-state index contributed by atoms with van der Waals surface area (Å²) in [6.45, 7) is 9.62. The molecule has 1 atom stereocenters. The largest absolute Gasteiger partial charge is 0.444 e. The summed E-state index contributed by atoms with van der Waals surface area (Å²) in [7, 11) is 0. The number of aliphatic hydroxyl groups excluding tert-OH is 1. The van der Waals surface area contributed by atoms with Crippen molar-refractivity contribution in [3.8, 4) is 0 Å². The Hall–Kier alpha value is -1.03. The molecule has 0 radical (unpaired) electrons. The van der Waals surface area contributed by atoms with Crippen molar-refractivity contribution in [2.75, 3.05) is 6.61 Å². The molecule has 0 bridgehead atoms. The van der Waals surface area contributed by atoms with Crippen LogP contribution in [0.4, 0.5) is 4.79 Å². The standard InChI is InChI=1S/C13H25NO3/c1-10(2)9-11(7-6-8-15)14-12(16)17-13(3,4)5/h6-7,10-11,15H,8-9H2,1-5H3,(H,14,16)/b7-6+/t11-/m1/s1. The third kappa shape index (κ3) is 9.87. The number of rotatable bonds is 5. The zero-order chi connectivity index (χ0) is 13.5. The van der Waals surface area contributed by atoms with Gasteiger partial charge in [-0.05, 0) is 33.1 Å². The summed E-state index contributed by atoms with van der Waals surface area (Å²) in [6, 6.07) is -0.100. The quantitative estimate of drug-likeness (QED) is 0.729. The molecule has 0 rings (SSSR count). The number of nitrogens with one attached hydrogen (secondary N) is 1. The highest BCUT2D eigenvalue weighted by molar-refractivity contribution is 5.68. The van der Waals surface area contributed by atoms with E-state index in [-0.39, 0.29) is 12.6 Å². The van der Waals surface area contributed by atoms with Crippen molar-refractivity contribution < 1.29 is 14.6 Å². The van der Waals surface area contributed by atoms with Crippen LogP contribution in [0.1, 0.15) is 41.0 Å². The number of hydrogen-bond acceptors (Lipinski definition) is 3. The van der Waals surface area contributed by atoms with E-state index in [0.29, 0.717) is 5.92 Å². The van der Waals surface area contributed by atoms with Crippen molar-refractivity contribution in [1.29, 1.82) is 0 Å². The number of carbonyl (C=O) groups excluding carboxylic acids is 1. The number of carbonyl (C=O) groups is 1. The first-order valence-electron chi connectivity index (χ1n) is 6.01. The van der Waals surface area contributed by atoms with Gasteiger partial charge in [-0.15, -0.1) is 0 Å². The zero-order valence-electron chi connectivity index (χ0n) is 11.5. The predicted octanol–water partition coefficient (Wildman–Crippen LogP) is 2.47. The number of hydrogen-bond donors (Lipinski definition) is 2. The third-order valence-electron chi connectivity index (χ3n) is 1.90. The fourth-order valence-electron chi connectivity index (χ4n) is 1.38. The highest BCUT2D eigenvalue weighted by Crippen LogP contribution is 2.09. The molecule has 0 aromatic carbocycles. The Labute approximate surface area is 104 Å². The minimum atomic E-state index is -0.493. The fourth-order valence-corrected chi connectivity index (χ4v) is 1.38. The molecule has 100 valence electrons. The molecule has 1 amide bonds. The zero-order valence-corrected chi connectivity index (χ0v) is 11.5. The van der Waals surface area contributed by atoms with Gasteiger partial charge in [0, 0.05) is 0 Å². The molecule has 0 unspecified atom stereocenters. The minimum Gasteiger partial charge on any atom is -0.444 e. The first-order valence-corrected chi connectivity index (χ1v) is 6.01. The number of amides is 1. The minimum absolute atomic E-state index is 0.0232. The number of ether oxygens (including phenoxy) is 1. The molecule has 0 aliphatic heterocycles. The van der Waals surface area contributed by atoms with Crippen molar-refractivity contribution in [2.24, 2.45) is 5.92 Å². The van der Waals surface area contributed by atoms with Gasteiger partial charge in [-0.3, -0.25) is 0 Å². The fraction of sp³-hybridized carbons (Fsp3) is 0.769. The van der Waals surface area contributed by atoms with Crippen molar-refractivity contribution >= 4 is 6.09 Å². The van der Waals surface area contributed by atoms with Crippen LogP contribution < -0.4 is 5.32 Å². The molecule has 2 N–H and O–H groups in total. The van der Waals surface area contributed by atoms with Crippen LogP contribution in [-0.4, -0.2) is 29.4 Å². The summed E-state index contributed by atoms with van der Waals surface area (Å²) in [4.78, 5) is 11.6. The first-order chi connectivity index (χ1) is 7.74. The van der Waals surface area contributed by atoms with E-state index in [1.54, 1.807) is 12.2 Å². The second-order valence-corrected chi connectivity index (χ2v) is 5.49. The van der Waals surface area contributed by atoms with Crippen LogP contribution in [0.15, 0.2) is 12.2 Å². The van der Waals surface area contributed by atoms with Crippen LogP contribution >= 0.6 is 0 Å². The van der Waals surface area contributed by atoms with Gasteiger partial charge in [0.1, 0.15) is 5.60 Å². The Morgan fingerprint density at radius 1 is 1.41 bits per heavy atom. The lowest BCUT2D eigenvalue weighted by Gasteiger charge is -2.23. The van der Waals surface area contributed by atoms with Gasteiger partial charge in [0.25, 0.3) is 0 Å². The van der Waals surface area contributed by atoms with Gasteiger partial charge in [0.15, 0.2) is 0 Å². The summed E-state index contributed by atoms with van der Waals surface area (Å²) < 4.78 is 5.18. The third-order valence-corrected chi connectivity index (χ3v) is 1.90. The van der Waals surface area contributed by atoms with Crippen molar-refractivity contribution in [1.82, 2.24) is 5.32 Å². The molecule has 0 heterocycles. The smallest absolute Gasteiger partial charge is 0.408 e. The first kappa shape index (κ1) is 16.0. The Balaban J connectivity index is 4.32. The van der Waals surface area contributed by atoms with E-state index in [1.807, 2.05) is 20.8 Å². The molecule has 4 heteroatoms. The average molecular weight is 243 g/mol. The van der Waals surface area contributed by atoms with E-state index in [1.165, 1.54) is 0 Å². The van der Waals surface area contributed by atoms with Gasteiger partial charge in [-0.25, -0.2) is 4.79 Å². The van der Waals surface area contributed by atoms with E-state index < -0.39 is 11.7 Å². The summed E-state index contributed by atoms with van der Waals surface area (Å²) >= 11 is 0. The van der Waals surface area contributed by atoms with Crippen molar-refractivity contribution in [3.63, 3.8) is 0 Å². The SMILES string of the molecule is CC(C)C[C@@H](/C=C/CO)NC(=O)OC(C)(C)C. The van der Waals surface area contributed by atoms with E-state index in [9.17, 15) is 4.79 Å². The summed E-state index contributed by atoms with van der Waals surface area (Å²) in [5.41, 5.74) is -0.493. The molecule has 17 heavy (non-hydrogen) atoms. The maximum absolute atomic E-state index is 11.6. The molecular weight excluding hydrogens is 218 g/mol. The summed E-state index contributed by atoms with van der Waals surface area (Å²) in [5.74, 6) is 0.457. The van der Waals surface area contributed by atoms with Crippen LogP contribution in [0, 0.1) is 5.92 Å². The van der Waals surface area contributed by atoms with Crippen molar-refractivity contribution in [3.05, 3.63) is 12.2 Å². The highest BCUT2D eigenvalue weighted by Gasteiger charge is 2.18. The molecule has 0 aliphatic rings. The van der Waals surface area contributed by atoms with Crippen LogP contribution in [0.5, 0.6) is 0 Å². The van der Waals surface area contributed by atoms with Crippen molar-refractivity contribution in [2.45, 2.75) is 52.7 Å². The molecule has 0 aromatic heterocycles. The van der Waals surface area contributed by atoms with E-state index in [2.05, 4.69) is 19.2 Å². The molecule has 0 fully saturated rings. The maximum atomic E-state index is 11.6. The normalized spacial score (nSPS) is 14.1. The van der Waals surface area contributed by atoms with Crippen LogP contribution in [0.2, 0.25) is 0 Å². The Morgan fingerprint density at radius 2 is 2.00 bits per heavy atom. The summed E-state index contributed by atoms with van der Waals surface area (Å²) in [6.07, 6.45) is 3.81. The molecule has 0 aliphatic carbocycles. The van der Waals surface area contributed by atoms with Crippen LogP contribution in [0.3, 0.4) is 0 Å². The van der Waals surface area contributed by atoms with Gasteiger partial charge in [0.2, 0.25) is 0 Å². The Kier molecular flexibility index (Phi) is 6.88. The molecule has 0 aromatic rings. The lowest BCUT2D eigenvalue weighted by atomic mass is 10.0. The van der Waals surface area contributed by atoms with Gasteiger partial charge < -0.3 is 15.2 Å². The Bertz CT molecular complexity index is 254. The monoisotopic (exact) mass is 243 g/mol. The highest BCUT2D eigenvalue weighted by atomic mass is 16.6. The average Bonchev–Trinajstić information content (AvgIpc) is 2.09. The van der Waals surface area contributed by atoms with E-state index >= 15 is 0 Å². The van der Waals surface area contributed by atoms with Crippen LogP contribution in [0.25, 0.3) is 0 Å². The van der Waals surface area contributed by atoms with Gasteiger partial charge >= 0.3 is 6.09 Å². The number of alkyl carbamates (subject to hydrolysis) is 1. The van der Waals surface area contributed by atoms with Gasteiger partial charge in [-0.2, -0.15) is 0 Å². The van der Waals surface area contributed by atoms with Crippen LogP contribution in [-0.2, 0) is 4.74 Å². The lowest BCUT2D eigenvalue weighted by molar-refractivity contribution is 0.0510. The maximum Gasteiger partial charge on any atom is 0.408 e. The second kappa shape index (κ2) is 7.33. The lowest BCUT2D eigenvalue weighted by Crippen LogP contribution is -2.38. The molecule has 0 spiro atoms. The number of aliphatic hydroxyl groups is 1. The molecular formula is C13H25NO3. The molecule has 0 saturated heterocycles. The second-order valence-electron chi connectivity index (χ2n) is 5.49.